The van der Waals surface area contributed by atoms with Crippen molar-refractivity contribution in [3.05, 3.63) is 59.2 Å². The molecule has 0 aliphatic carbocycles. The van der Waals surface area contributed by atoms with Crippen LogP contribution in [-0.2, 0) is 11.3 Å². The lowest BCUT2D eigenvalue weighted by Gasteiger charge is -2.24. The van der Waals surface area contributed by atoms with E-state index >= 15 is 0 Å². The third-order valence-electron chi connectivity index (χ3n) is 3.87. The molecule has 8 heteroatoms. The minimum Gasteiger partial charge on any atom is -0.493 e. The summed E-state index contributed by atoms with van der Waals surface area (Å²) in [5.74, 6) is -3.11. The molecule has 0 radical (unpaired) electrons. The van der Waals surface area contributed by atoms with E-state index in [0.717, 1.165) is 12.1 Å². The first-order valence-electron chi connectivity index (χ1n) is 8.03. The molecule has 1 N–H and O–H groups in total. The quantitative estimate of drug-likeness (QED) is 0.763. The van der Waals surface area contributed by atoms with Crippen LogP contribution in [0.15, 0.2) is 36.4 Å². The molecule has 0 aliphatic rings. The highest BCUT2D eigenvalue weighted by Gasteiger charge is 2.23. The Morgan fingerprint density at radius 1 is 1.07 bits per heavy atom. The van der Waals surface area contributed by atoms with Crippen molar-refractivity contribution in [3.8, 4) is 11.5 Å². The molecule has 0 aromatic heterocycles. The topological polar surface area (TPSA) is 76.1 Å². The van der Waals surface area contributed by atoms with E-state index in [1.807, 2.05) is 0 Å². The molecule has 0 atom stereocenters. The molecule has 0 fully saturated rings. The summed E-state index contributed by atoms with van der Waals surface area (Å²) >= 11 is 0. The number of para-hydroxylation sites is 1. The van der Waals surface area contributed by atoms with Crippen LogP contribution in [0.25, 0.3) is 0 Å². The maximum Gasteiger partial charge on any atom is 0.305 e. The number of carboxylic acids is 1. The first-order chi connectivity index (χ1) is 12.9. The Balaban J connectivity index is 2.36. The van der Waals surface area contributed by atoms with Gasteiger partial charge in [0.15, 0.2) is 23.1 Å². The van der Waals surface area contributed by atoms with E-state index in [0.29, 0.717) is 11.3 Å². The van der Waals surface area contributed by atoms with Crippen molar-refractivity contribution in [1.82, 2.24) is 4.90 Å². The van der Waals surface area contributed by atoms with Gasteiger partial charge in [-0.25, -0.2) is 8.78 Å². The van der Waals surface area contributed by atoms with Crippen molar-refractivity contribution in [2.24, 2.45) is 0 Å². The van der Waals surface area contributed by atoms with Crippen LogP contribution in [0.2, 0.25) is 0 Å². The van der Waals surface area contributed by atoms with Crippen LogP contribution in [0.1, 0.15) is 22.3 Å². The summed E-state index contributed by atoms with van der Waals surface area (Å²) < 4.78 is 37.0. The average molecular weight is 379 g/mol. The maximum absolute atomic E-state index is 13.5. The highest BCUT2D eigenvalue weighted by Crippen LogP contribution is 2.31. The molecular weight excluding hydrogens is 360 g/mol. The Labute approximate surface area is 154 Å². The predicted molar refractivity (Wildman–Crippen MR) is 92.9 cm³/mol. The van der Waals surface area contributed by atoms with Gasteiger partial charge in [0.25, 0.3) is 5.91 Å². The minimum absolute atomic E-state index is 0.0936. The summed E-state index contributed by atoms with van der Waals surface area (Å²) in [6.45, 7) is -0.211. The van der Waals surface area contributed by atoms with E-state index in [1.54, 1.807) is 12.1 Å². The summed E-state index contributed by atoms with van der Waals surface area (Å²) in [5.41, 5.74) is 0.499. The van der Waals surface area contributed by atoms with Crippen molar-refractivity contribution in [1.29, 1.82) is 0 Å². The zero-order valence-corrected chi connectivity index (χ0v) is 14.9. The SMILES string of the molecule is COc1cccc(C(=O)N(CCC(=O)O)Cc2ccc(F)c(F)c2)c1OC. The molecule has 0 bridgehead atoms. The van der Waals surface area contributed by atoms with Gasteiger partial charge < -0.3 is 19.5 Å². The van der Waals surface area contributed by atoms with Gasteiger partial charge in [-0.1, -0.05) is 12.1 Å². The van der Waals surface area contributed by atoms with Gasteiger partial charge in [0.05, 0.1) is 26.2 Å². The Morgan fingerprint density at radius 3 is 2.41 bits per heavy atom. The number of hydrogen-bond donors (Lipinski definition) is 1. The number of methoxy groups -OCH3 is 2. The number of aliphatic carboxylic acids is 1. The Kier molecular flexibility index (Phi) is 6.70. The second-order valence-electron chi connectivity index (χ2n) is 5.66. The van der Waals surface area contributed by atoms with Crippen molar-refractivity contribution in [3.63, 3.8) is 0 Å². The van der Waals surface area contributed by atoms with Crippen LogP contribution >= 0.6 is 0 Å². The number of hydrogen-bond acceptors (Lipinski definition) is 4. The smallest absolute Gasteiger partial charge is 0.305 e. The predicted octanol–water partition coefficient (Wildman–Crippen LogP) is 3.10. The van der Waals surface area contributed by atoms with Gasteiger partial charge in [-0.15, -0.1) is 0 Å². The van der Waals surface area contributed by atoms with Crippen LogP contribution in [0.3, 0.4) is 0 Å². The van der Waals surface area contributed by atoms with Gasteiger partial charge in [-0.3, -0.25) is 9.59 Å². The standard InChI is InChI=1S/C19H19F2NO5/c1-26-16-5-3-4-13(18(16)27-2)19(25)22(9-8-17(23)24)11-12-6-7-14(20)15(21)10-12/h3-7,10H,8-9,11H2,1-2H3,(H,23,24). The molecule has 0 unspecified atom stereocenters. The number of benzene rings is 2. The van der Waals surface area contributed by atoms with Gasteiger partial charge in [-0.2, -0.15) is 0 Å². The number of halogens is 2. The van der Waals surface area contributed by atoms with E-state index in [1.165, 1.54) is 31.3 Å². The number of ether oxygens (including phenoxy) is 2. The van der Waals surface area contributed by atoms with Crippen LogP contribution in [-0.4, -0.2) is 42.6 Å². The minimum atomic E-state index is -1.09. The highest BCUT2D eigenvalue weighted by molar-refractivity contribution is 5.98. The Bertz CT molecular complexity index is 841. The third-order valence-corrected chi connectivity index (χ3v) is 3.87. The number of rotatable bonds is 8. The molecule has 0 saturated carbocycles. The number of nitrogens with zero attached hydrogens (tertiary/aromatic N) is 1. The average Bonchev–Trinajstić information content (AvgIpc) is 2.66. The van der Waals surface area contributed by atoms with Crippen LogP contribution in [0.4, 0.5) is 8.78 Å². The molecule has 27 heavy (non-hydrogen) atoms. The Morgan fingerprint density at radius 2 is 1.81 bits per heavy atom. The molecule has 2 aromatic rings. The molecule has 2 aromatic carbocycles. The first kappa shape index (κ1) is 20.2. The largest absolute Gasteiger partial charge is 0.493 e. The zero-order valence-electron chi connectivity index (χ0n) is 14.9. The van der Waals surface area contributed by atoms with Crippen molar-refractivity contribution in [2.75, 3.05) is 20.8 Å². The second kappa shape index (κ2) is 8.98. The zero-order chi connectivity index (χ0) is 20.0. The van der Waals surface area contributed by atoms with E-state index in [2.05, 4.69) is 0 Å². The number of carbonyl (C=O) groups excluding carboxylic acids is 1. The van der Waals surface area contributed by atoms with Crippen molar-refractivity contribution >= 4 is 11.9 Å². The molecule has 0 spiro atoms. The molecule has 1 amide bonds. The molecule has 6 nitrogen and oxygen atoms in total. The molecule has 0 saturated heterocycles. The fourth-order valence-corrected chi connectivity index (χ4v) is 2.57. The lowest BCUT2D eigenvalue weighted by Crippen LogP contribution is -2.33. The summed E-state index contributed by atoms with van der Waals surface area (Å²) in [6.07, 6.45) is -0.304. The molecule has 2 rings (SSSR count). The molecule has 144 valence electrons. The van der Waals surface area contributed by atoms with Gasteiger partial charge >= 0.3 is 5.97 Å². The van der Waals surface area contributed by atoms with Crippen molar-refractivity contribution < 1.29 is 33.0 Å². The summed E-state index contributed by atoms with van der Waals surface area (Å²) in [4.78, 5) is 25.2. The van der Waals surface area contributed by atoms with Crippen molar-refractivity contribution in [2.45, 2.75) is 13.0 Å². The van der Waals surface area contributed by atoms with Crippen LogP contribution < -0.4 is 9.47 Å². The Hall–Kier alpha value is -3.16. The van der Waals surface area contributed by atoms with E-state index in [4.69, 9.17) is 14.6 Å². The molecular formula is C19H19F2NO5. The van der Waals surface area contributed by atoms with Gasteiger partial charge in [0.2, 0.25) is 0 Å². The van der Waals surface area contributed by atoms with E-state index in [9.17, 15) is 18.4 Å². The molecule has 0 aliphatic heterocycles. The summed E-state index contributed by atoms with van der Waals surface area (Å²) in [5, 5.41) is 8.95. The highest BCUT2D eigenvalue weighted by atomic mass is 19.2. The normalized spacial score (nSPS) is 10.4. The first-order valence-corrected chi connectivity index (χ1v) is 8.03. The fourth-order valence-electron chi connectivity index (χ4n) is 2.57. The number of amides is 1. The summed E-state index contributed by atoms with van der Waals surface area (Å²) in [7, 11) is 2.81. The molecule has 0 heterocycles. The van der Waals surface area contributed by atoms with Gasteiger partial charge in [0.1, 0.15) is 0 Å². The number of carbonyl (C=O) groups is 2. The lowest BCUT2D eigenvalue weighted by atomic mass is 10.1. The lowest BCUT2D eigenvalue weighted by molar-refractivity contribution is -0.137. The fraction of sp³-hybridized carbons (Fsp3) is 0.263. The van der Waals surface area contributed by atoms with E-state index < -0.39 is 23.5 Å². The van der Waals surface area contributed by atoms with Gasteiger partial charge in [-0.05, 0) is 29.8 Å². The van der Waals surface area contributed by atoms with Crippen LogP contribution in [0.5, 0.6) is 11.5 Å². The third kappa shape index (κ3) is 4.93. The van der Waals surface area contributed by atoms with Gasteiger partial charge in [0, 0.05) is 13.1 Å². The second-order valence-corrected chi connectivity index (χ2v) is 5.66. The van der Waals surface area contributed by atoms with E-state index in [-0.39, 0.29) is 30.8 Å². The van der Waals surface area contributed by atoms with Crippen LogP contribution in [0, 0.1) is 11.6 Å². The number of carboxylic acid groups (broad SMARTS) is 1. The maximum atomic E-state index is 13.5. The monoisotopic (exact) mass is 379 g/mol. The summed E-state index contributed by atoms with van der Waals surface area (Å²) in [6, 6.07) is 7.99.